The highest BCUT2D eigenvalue weighted by Crippen LogP contribution is 2.32. The molecule has 0 aliphatic carbocycles. The summed E-state index contributed by atoms with van der Waals surface area (Å²) < 4.78 is 46.6. The van der Waals surface area contributed by atoms with Crippen LogP contribution in [0.15, 0.2) is 95.0 Å². The lowest BCUT2D eigenvalue weighted by atomic mass is 10.1. The number of halogens is 3. The molecule has 6 nitrogen and oxygen atoms in total. The topological polar surface area (TPSA) is 73.0 Å². The number of thioether (sulfide) groups is 1. The van der Waals surface area contributed by atoms with Crippen molar-refractivity contribution >= 4 is 28.7 Å². The summed E-state index contributed by atoms with van der Waals surface area (Å²) in [7, 11) is 0. The number of hydrogen-bond acceptors (Lipinski definition) is 5. The minimum atomic E-state index is -4.39. The number of rotatable bonds is 9. The van der Waals surface area contributed by atoms with Crippen LogP contribution in [-0.2, 0) is 24.9 Å². The number of imidazole rings is 1. The van der Waals surface area contributed by atoms with Crippen molar-refractivity contribution in [2.75, 3.05) is 6.54 Å². The molecule has 0 bridgehead atoms. The number of carbonyl (C=O) groups is 1. The zero-order valence-corrected chi connectivity index (χ0v) is 20.9. The summed E-state index contributed by atoms with van der Waals surface area (Å²) >= 11 is 1.37. The summed E-state index contributed by atoms with van der Waals surface area (Å²) in [5.74, 6) is 0.972. The minimum Gasteiger partial charge on any atom is -0.469 e. The Kier molecular flexibility index (Phi) is 7.50. The summed E-state index contributed by atoms with van der Waals surface area (Å²) in [5, 5.41) is 3.56. The molecule has 0 aliphatic rings. The highest BCUT2D eigenvalue weighted by molar-refractivity contribution is 7.98. The van der Waals surface area contributed by atoms with Gasteiger partial charge < -0.3 is 14.3 Å². The van der Waals surface area contributed by atoms with Crippen molar-refractivity contribution in [3.05, 3.63) is 113 Å². The van der Waals surface area contributed by atoms with Gasteiger partial charge in [-0.3, -0.25) is 9.78 Å². The Hall–Kier alpha value is -4.05. The maximum absolute atomic E-state index is 13.1. The van der Waals surface area contributed by atoms with Crippen LogP contribution in [0.1, 0.15) is 32.8 Å². The molecule has 0 atom stereocenters. The van der Waals surface area contributed by atoms with Crippen molar-refractivity contribution in [3.8, 4) is 0 Å². The molecule has 2 aromatic carbocycles. The number of pyridine rings is 1. The van der Waals surface area contributed by atoms with Gasteiger partial charge in [0, 0.05) is 30.5 Å². The van der Waals surface area contributed by atoms with Crippen LogP contribution in [0.4, 0.5) is 13.2 Å². The number of aromatic nitrogens is 3. The van der Waals surface area contributed by atoms with Crippen LogP contribution in [0.2, 0.25) is 0 Å². The van der Waals surface area contributed by atoms with Gasteiger partial charge in [0.1, 0.15) is 5.76 Å². The summed E-state index contributed by atoms with van der Waals surface area (Å²) in [6, 6.07) is 18.1. The van der Waals surface area contributed by atoms with Gasteiger partial charge in [0.15, 0.2) is 5.16 Å². The number of nitrogens with zero attached hydrogens (tertiary/aromatic N) is 3. The third-order valence-corrected chi connectivity index (χ3v) is 6.98. The molecule has 0 unspecified atom stereocenters. The lowest BCUT2D eigenvalue weighted by Gasteiger charge is -2.11. The maximum Gasteiger partial charge on any atom is 0.416 e. The molecule has 3 aromatic heterocycles. The predicted octanol–water partition coefficient (Wildman–Crippen LogP) is 6.36. The van der Waals surface area contributed by atoms with Gasteiger partial charge in [0.05, 0.1) is 35.6 Å². The monoisotopic (exact) mass is 536 g/mol. The lowest BCUT2D eigenvalue weighted by Crippen LogP contribution is -2.25. The molecule has 194 valence electrons. The van der Waals surface area contributed by atoms with E-state index < -0.39 is 11.7 Å². The number of carbonyl (C=O) groups excluding carboxylic acids is 1. The standard InChI is InChI=1S/C28H23F3N4O2S/c29-28(30,31)22-4-1-3-20(15-22)18-38-27-34-24-11-12-32-16-25(24)35(27)17-19-6-8-21(9-7-19)26(36)33-13-10-23-5-2-14-37-23/h1-9,11-12,14-16H,10,13,17-18H2,(H,33,36). The smallest absolute Gasteiger partial charge is 0.416 e. The van der Waals surface area contributed by atoms with E-state index >= 15 is 0 Å². The van der Waals surface area contributed by atoms with Crippen molar-refractivity contribution in [2.24, 2.45) is 0 Å². The van der Waals surface area contributed by atoms with E-state index in [4.69, 9.17) is 4.42 Å². The van der Waals surface area contributed by atoms with Crippen molar-refractivity contribution in [2.45, 2.75) is 30.1 Å². The van der Waals surface area contributed by atoms with Crippen molar-refractivity contribution in [1.82, 2.24) is 19.9 Å². The van der Waals surface area contributed by atoms with Gasteiger partial charge in [-0.25, -0.2) is 4.98 Å². The van der Waals surface area contributed by atoms with Gasteiger partial charge in [-0.05, 0) is 47.5 Å². The average molecular weight is 537 g/mol. The maximum atomic E-state index is 13.1. The second-order valence-corrected chi connectivity index (χ2v) is 9.56. The van der Waals surface area contributed by atoms with Gasteiger partial charge in [0.25, 0.3) is 5.91 Å². The molecule has 0 spiro atoms. The lowest BCUT2D eigenvalue weighted by molar-refractivity contribution is -0.137. The summed E-state index contributed by atoms with van der Waals surface area (Å²) in [6.07, 6.45) is 1.20. The molecular weight excluding hydrogens is 513 g/mol. The summed E-state index contributed by atoms with van der Waals surface area (Å²) in [4.78, 5) is 21.4. The highest BCUT2D eigenvalue weighted by Gasteiger charge is 2.30. The fraction of sp³-hybridized carbons (Fsp3) is 0.179. The second kappa shape index (κ2) is 11.1. The first-order valence-corrected chi connectivity index (χ1v) is 12.8. The first kappa shape index (κ1) is 25.6. The fourth-order valence-corrected chi connectivity index (χ4v) is 4.95. The molecule has 10 heteroatoms. The van der Waals surface area contributed by atoms with Crippen LogP contribution >= 0.6 is 11.8 Å². The Morgan fingerprint density at radius 2 is 1.87 bits per heavy atom. The van der Waals surface area contributed by atoms with Crippen molar-refractivity contribution < 1.29 is 22.4 Å². The normalized spacial score (nSPS) is 11.7. The number of benzene rings is 2. The zero-order chi connectivity index (χ0) is 26.5. The van der Waals surface area contributed by atoms with Gasteiger partial charge >= 0.3 is 6.18 Å². The van der Waals surface area contributed by atoms with E-state index in [9.17, 15) is 18.0 Å². The Morgan fingerprint density at radius 3 is 2.63 bits per heavy atom. The van der Waals surface area contributed by atoms with Crippen LogP contribution in [0.5, 0.6) is 0 Å². The molecule has 1 N–H and O–H groups in total. The third-order valence-electron chi connectivity index (χ3n) is 5.93. The van der Waals surface area contributed by atoms with Gasteiger partial charge in [-0.15, -0.1) is 0 Å². The molecule has 0 saturated carbocycles. The number of amides is 1. The van der Waals surface area contributed by atoms with Crippen LogP contribution < -0.4 is 5.32 Å². The quantitative estimate of drug-likeness (QED) is 0.222. The highest BCUT2D eigenvalue weighted by atomic mass is 32.2. The summed E-state index contributed by atoms with van der Waals surface area (Å²) in [5.41, 5.74) is 2.95. The second-order valence-electron chi connectivity index (χ2n) is 8.61. The number of fused-ring (bicyclic) bond motifs is 1. The first-order valence-electron chi connectivity index (χ1n) is 11.9. The van der Waals surface area contributed by atoms with Crippen LogP contribution in [-0.4, -0.2) is 27.0 Å². The molecular formula is C28H23F3N4O2S. The molecule has 3 heterocycles. The van der Waals surface area contributed by atoms with Crippen molar-refractivity contribution in [3.63, 3.8) is 0 Å². The summed E-state index contributed by atoms with van der Waals surface area (Å²) in [6.45, 7) is 0.933. The van der Waals surface area contributed by atoms with Gasteiger partial charge in [-0.1, -0.05) is 42.1 Å². The van der Waals surface area contributed by atoms with E-state index in [1.165, 1.54) is 23.9 Å². The molecule has 0 fully saturated rings. The zero-order valence-electron chi connectivity index (χ0n) is 20.1. The van der Waals surface area contributed by atoms with Gasteiger partial charge in [-0.2, -0.15) is 13.2 Å². The molecule has 1 amide bonds. The molecule has 0 radical (unpaired) electrons. The van der Waals surface area contributed by atoms with E-state index in [-0.39, 0.29) is 5.91 Å². The fourth-order valence-electron chi connectivity index (χ4n) is 4.00. The van der Waals surface area contributed by atoms with Crippen LogP contribution in [0.25, 0.3) is 11.0 Å². The molecule has 5 aromatic rings. The average Bonchev–Trinajstić information content (AvgIpc) is 3.56. The van der Waals surface area contributed by atoms with E-state index in [0.29, 0.717) is 41.5 Å². The Balaban J connectivity index is 1.29. The molecule has 38 heavy (non-hydrogen) atoms. The minimum absolute atomic E-state index is 0.169. The predicted molar refractivity (Wildman–Crippen MR) is 139 cm³/mol. The molecule has 0 saturated heterocycles. The third kappa shape index (κ3) is 6.08. The largest absolute Gasteiger partial charge is 0.469 e. The number of alkyl halides is 3. The molecule has 5 rings (SSSR count). The Morgan fingerprint density at radius 1 is 1.03 bits per heavy atom. The van der Waals surface area contributed by atoms with Gasteiger partial charge in [0.2, 0.25) is 0 Å². The number of nitrogens with one attached hydrogen (secondary N) is 1. The van der Waals surface area contributed by atoms with E-state index in [2.05, 4.69) is 15.3 Å². The SMILES string of the molecule is O=C(NCCc1ccco1)c1ccc(Cn2c(SCc3cccc(C(F)(F)F)c3)nc3ccncc32)cc1. The van der Waals surface area contributed by atoms with Crippen LogP contribution in [0.3, 0.4) is 0 Å². The Labute approximate surface area is 220 Å². The first-order chi connectivity index (χ1) is 18.4. The van der Waals surface area contributed by atoms with E-state index in [0.717, 1.165) is 28.4 Å². The Bertz CT molecular complexity index is 1530. The van der Waals surface area contributed by atoms with E-state index in [1.807, 2.05) is 28.8 Å². The van der Waals surface area contributed by atoms with Crippen LogP contribution in [0, 0.1) is 0 Å². The molecule has 0 aliphatic heterocycles. The van der Waals surface area contributed by atoms with Crippen molar-refractivity contribution in [1.29, 1.82) is 0 Å². The number of furan rings is 1. The number of hydrogen-bond donors (Lipinski definition) is 1. The van der Waals surface area contributed by atoms with E-state index in [1.54, 1.807) is 42.9 Å².